The van der Waals surface area contributed by atoms with Crippen LogP contribution in [-0.4, -0.2) is 15.5 Å². The van der Waals surface area contributed by atoms with Gasteiger partial charge in [0.2, 0.25) is 0 Å². The molecular formula is C20H21ClN4OS. The molecule has 140 valence electrons. The van der Waals surface area contributed by atoms with Gasteiger partial charge in [-0.3, -0.25) is 4.79 Å². The number of aromatic nitrogens is 2. The summed E-state index contributed by atoms with van der Waals surface area (Å²) in [6, 6.07) is 9.80. The van der Waals surface area contributed by atoms with Gasteiger partial charge in [0.25, 0.3) is 5.91 Å². The Morgan fingerprint density at radius 3 is 2.67 bits per heavy atom. The molecule has 1 aromatic carbocycles. The molecule has 7 heteroatoms. The molecule has 1 aliphatic rings. The summed E-state index contributed by atoms with van der Waals surface area (Å²) in [4.78, 5) is 16.6. The summed E-state index contributed by atoms with van der Waals surface area (Å²) in [5.74, 6) is -0.389. The number of nitrogens with one attached hydrogen (secondary N) is 1. The second-order valence-corrected chi connectivity index (χ2v) is 8.17. The van der Waals surface area contributed by atoms with Crippen LogP contribution >= 0.6 is 22.9 Å². The van der Waals surface area contributed by atoms with Gasteiger partial charge in [0.1, 0.15) is 0 Å². The SMILES string of the molecule is Cc1c(C(N)=O)cc(-c2csc(Nc3ccc(Cl)cc3)n2)n1C1CCCC1. The van der Waals surface area contributed by atoms with E-state index in [1.165, 1.54) is 24.2 Å². The maximum atomic E-state index is 11.9. The van der Waals surface area contributed by atoms with Crippen molar-refractivity contribution in [2.45, 2.75) is 38.6 Å². The molecule has 3 aromatic rings. The highest BCUT2D eigenvalue weighted by molar-refractivity contribution is 7.14. The van der Waals surface area contributed by atoms with Crippen LogP contribution in [0, 0.1) is 6.92 Å². The highest BCUT2D eigenvalue weighted by Gasteiger charge is 2.25. The van der Waals surface area contributed by atoms with Crippen LogP contribution in [-0.2, 0) is 0 Å². The molecule has 1 fully saturated rings. The van der Waals surface area contributed by atoms with E-state index in [2.05, 4.69) is 9.88 Å². The van der Waals surface area contributed by atoms with Gasteiger partial charge in [-0.25, -0.2) is 4.98 Å². The monoisotopic (exact) mass is 400 g/mol. The molecule has 0 saturated heterocycles. The fourth-order valence-electron chi connectivity index (χ4n) is 3.81. The zero-order valence-electron chi connectivity index (χ0n) is 15.0. The van der Waals surface area contributed by atoms with Crippen molar-refractivity contribution in [1.29, 1.82) is 0 Å². The number of carbonyl (C=O) groups is 1. The van der Waals surface area contributed by atoms with Crippen LogP contribution in [0.15, 0.2) is 35.7 Å². The third-order valence-electron chi connectivity index (χ3n) is 5.11. The van der Waals surface area contributed by atoms with E-state index >= 15 is 0 Å². The van der Waals surface area contributed by atoms with E-state index in [-0.39, 0.29) is 5.91 Å². The first-order valence-corrected chi connectivity index (χ1v) is 10.3. The molecule has 27 heavy (non-hydrogen) atoms. The Morgan fingerprint density at radius 2 is 2.00 bits per heavy atom. The number of rotatable bonds is 5. The summed E-state index contributed by atoms with van der Waals surface area (Å²) in [7, 11) is 0. The molecule has 0 atom stereocenters. The van der Waals surface area contributed by atoms with Gasteiger partial charge in [0, 0.05) is 27.8 Å². The van der Waals surface area contributed by atoms with Crippen molar-refractivity contribution in [3.05, 3.63) is 52.0 Å². The highest BCUT2D eigenvalue weighted by Crippen LogP contribution is 2.38. The average Bonchev–Trinajstić information content (AvgIpc) is 3.36. The summed E-state index contributed by atoms with van der Waals surface area (Å²) in [5.41, 5.74) is 9.87. The fourth-order valence-corrected chi connectivity index (χ4v) is 4.66. The number of anilines is 2. The minimum absolute atomic E-state index is 0.389. The minimum atomic E-state index is -0.389. The maximum absolute atomic E-state index is 11.9. The number of hydrogen-bond acceptors (Lipinski definition) is 4. The lowest BCUT2D eigenvalue weighted by Gasteiger charge is -2.18. The van der Waals surface area contributed by atoms with Crippen molar-refractivity contribution < 1.29 is 4.79 Å². The predicted octanol–water partition coefficient (Wildman–Crippen LogP) is 5.53. The molecule has 0 unspecified atom stereocenters. The number of nitrogens with zero attached hydrogens (tertiary/aromatic N) is 2. The number of halogens is 1. The summed E-state index contributed by atoms with van der Waals surface area (Å²) < 4.78 is 2.26. The van der Waals surface area contributed by atoms with Gasteiger partial charge >= 0.3 is 0 Å². The van der Waals surface area contributed by atoms with Gasteiger partial charge in [-0.1, -0.05) is 24.4 Å². The van der Waals surface area contributed by atoms with E-state index in [9.17, 15) is 4.79 Å². The molecule has 0 aliphatic heterocycles. The average molecular weight is 401 g/mol. The van der Waals surface area contributed by atoms with E-state index in [4.69, 9.17) is 22.3 Å². The molecule has 1 saturated carbocycles. The molecule has 0 bridgehead atoms. The Kier molecular flexibility index (Phi) is 4.93. The number of amides is 1. The third-order valence-corrected chi connectivity index (χ3v) is 6.12. The number of carbonyl (C=O) groups excluding carboxylic acids is 1. The number of benzene rings is 1. The van der Waals surface area contributed by atoms with Crippen LogP contribution in [0.2, 0.25) is 5.02 Å². The lowest BCUT2D eigenvalue weighted by atomic mass is 10.2. The first-order chi connectivity index (χ1) is 13.0. The minimum Gasteiger partial charge on any atom is -0.366 e. The Morgan fingerprint density at radius 1 is 1.30 bits per heavy atom. The van der Waals surface area contributed by atoms with Crippen molar-refractivity contribution >= 4 is 39.7 Å². The summed E-state index contributed by atoms with van der Waals surface area (Å²) in [5, 5.41) is 6.81. The van der Waals surface area contributed by atoms with E-state index < -0.39 is 0 Å². The second kappa shape index (κ2) is 7.37. The van der Waals surface area contributed by atoms with Crippen LogP contribution in [0.3, 0.4) is 0 Å². The van der Waals surface area contributed by atoms with Gasteiger partial charge in [0.15, 0.2) is 5.13 Å². The first-order valence-electron chi connectivity index (χ1n) is 9.03. The zero-order chi connectivity index (χ0) is 19.0. The summed E-state index contributed by atoms with van der Waals surface area (Å²) in [6.07, 6.45) is 4.68. The van der Waals surface area contributed by atoms with Gasteiger partial charge in [-0.2, -0.15) is 0 Å². The summed E-state index contributed by atoms with van der Waals surface area (Å²) in [6.45, 7) is 1.97. The van der Waals surface area contributed by atoms with Crippen molar-refractivity contribution in [2.24, 2.45) is 5.73 Å². The first kappa shape index (κ1) is 18.1. The fraction of sp³-hybridized carbons (Fsp3) is 0.300. The Balaban J connectivity index is 1.68. The van der Waals surface area contributed by atoms with Crippen molar-refractivity contribution in [3.63, 3.8) is 0 Å². The lowest BCUT2D eigenvalue weighted by Crippen LogP contribution is -2.14. The maximum Gasteiger partial charge on any atom is 0.250 e. The number of hydrogen-bond donors (Lipinski definition) is 2. The standard InChI is InChI=1S/C20H21ClN4OS/c1-12-16(19(22)26)10-18(25(12)15-4-2-3-5-15)17-11-27-20(24-17)23-14-8-6-13(21)7-9-14/h6-11,15H,2-5H2,1H3,(H2,22,26)(H,23,24). The predicted molar refractivity (Wildman–Crippen MR) is 111 cm³/mol. The molecule has 0 spiro atoms. The molecule has 2 aromatic heterocycles. The van der Waals surface area contributed by atoms with Crippen LogP contribution in [0.25, 0.3) is 11.4 Å². The zero-order valence-corrected chi connectivity index (χ0v) is 16.6. The smallest absolute Gasteiger partial charge is 0.250 e. The largest absolute Gasteiger partial charge is 0.366 e. The highest BCUT2D eigenvalue weighted by atomic mass is 35.5. The molecular weight excluding hydrogens is 380 g/mol. The molecule has 1 amide bonds. The van der Waals surface area contributed by atoms with Crippen LogP contribution in [0.5, 0.6) is 0 Å². The van der Waals surface area contributed by atoms with Crippen molar-refractivity contribution in [1.82, 2.24) is 9.55 Å². The molecule has 1 aliphatic carbocycles. The van der Waals surface area contributed by atoms with Gasteiger partial charge < -0.3 is 15.6 Å². The quantitative estimate of drug-likeness (QED) is 0.591. The van der Waals surface area contributed by atoms with Crippen LogP contribution in [0.1, 0.15) is 47.8 Å². The number of primary amides is 1. The van der Waals surface area contributed by atoms with Crippen molar-refractivity contribution in [3.8, 4) is 11.4 Å². The number of thiazole rings is 1. The molecule has 3 N–H and O–H groups in total. The van der Waals surface area contributed by atoms with E-state index in [0.29, 0.717) is 16.6 Å². The van der Waals surface area contributed by atoms with Crippen LogP contribution in [0.4, 0.5) is 10.8 Å². The Hall–Kier alpha value is -2.31. The third kappa shape index (κ3) is 3.59. The van der Waals surface area contributed by atoms with E-state index in [1.807, 2.05) is 42.6 Å². The Labute approximate surface area is 167 Å². The second-order valence-electron chi connectivity index (χ2n) is 6.87. The normalized spacial score (nSPS) is 14.6. The Bertz CT molecular complexity index is 971. The van der Waals surface area contributed by atoms with Gasteiger partial charge in [-0.15, -0.1) is 11.3 Å². The molecule has 0 radical (unpaired) electrons. The molecule has 2 heterocycles. The van der Waals surface area contributed by atoms with Crippen LogP contribution < -0.4 is 11.1 Å². The van der Waals surface area contributed by atoms with Crippen molar-refractivity contribution in [2.75, 3.05) is 5.32 Å². The topological polar surface area (TPSA) is 72.9 Å². The summed E-state index contributed by atoms with van der Waals surface area (Å²) >= 11 is 7.47. The number of nitrogens with two attached hydrogens (primary N) is 1. The molecule has 4 rings (SSSR count). The van der Waals surface area contributed by atoms with E-state index in [1.54, 1.807) is 0 Å². The van der Waals surface area contributed by atoms with Gasteiger partial charge in [-0.05, 0) is 50.1 Å². The van der Waals surface area contributed by atoms with E-state index in [0.717, 1.165) is 40.7 Å². The molecule has 5 nitrogen and oxygen atoms in total. The van der Waals surface area contributed by atoms with Gasteiger partial charge in [0.05, 0.1) is 17.0 Å². The lowest BCUT2D eigenvalue weighted by molar-refractivity contribution is 0.0999.